The first kappa shape index (κ1) is 18.9. The van der Waals surface area contributed by atoms with Crippen LogP contribution in [0.5, 0.6) is 0 Å². The van der Waals surface area contributed by atoms with E-state index >= 15 is 0 Å². The van der Waals surface area contributed by atoms with Gasteiger partial charge in [0.25, 0.3) is 0 Å². The van der Waals surface area contributed by atoms with Crippen molar-refractivity contribution in [2.45, 2.75) is 51.2 Å². The molecular weight excluding hydrogens is 361 g/mol. The van der Waals surface area contributed by atoms with Crippen LogP contribution < -0.4 is 5.32 Å². The van der Waals surface area contributed by atoms with E-state index in [1.54, 1.807) is 11.1 Å². The molecule has 1 aliphatic carbocycles. The Bertz CT molecular complexity index is 872. The number of carbonyl (C=O) groups is 1. The molecule has 28 heavy (non-hydrogen) atoms. The van der Waals surface area contributed by atoms with Gasteiger partial charge < -0.3 is 10.1 Å². The minimum absolute atomic E-state index is 0.372. The second kappa shape index (κ2) is 7.16. The summed E-state index contributed by atoms with van der Waals surface area (Å²) in [7, 11) is 0. The van der Waals surface area contributed by atoms with E-state index in [0.717, 1.165) is 24.1 Å². The summed E-state index contributed by atoms with van der Waals surface area (Å²) in [6, 6.07) is 1.10. The maximum atomic E-state index is 14.2. The Morgan fingerprint density at radius 3 is 2.82 bits per heavy atom. The Balaban J connectivity index is 1.73. The number of nitrogens with one attached hydrogen (secondary N) is 2. The Morgan fingerprint density at radius 1 is 1.32 bits per heavy atom. The molecule has 1 saturated heterocycles. The number of halogens is 1. The average molecular weight is 387 g/mol. The number of ether oxygens (including phenoxy) is 1. The van der Waals surface area contributed by atoms with Crippen molar-refractivity contribution in [3.05, 3.63) is 35.5 Å². The maximum Gasteiger partial charge on any atom is 0.410 e. The van der Waals surface area contributed by atoms with Gasteiger partial charge in [-0.05, 0) is 39.7 Å². The first-order valence-electron chi connectivity index (χ1n) is 9.73. The molecule has 2 N–H and O–H groups in total. The molecule has 150 valence electrons. The Kier molecular flexibility index (Phi) is 4.82. The van der Waals surface area contributed by atoms with Crippen molar-refractivity contribution in [2.75, 3.05) is 19.6 Å². The Hall–Kier alpha value is -2.48. The van der Waals surface area contributed by atoms with Gasteiger partial charge in [0.1, 0.15) is 11.4 Å². The van der Waals surface area contributed by atoms with Crippen molar-refractivity contribution in [1.82, 2.24) is 25.4 Å². The van der Waals surface area contributed by atoms with E-state index in [9.17, 15) is 9.18 Å². The molecule has 3 heterocycles. The summed E-state index contributed by atoms with van der Waals surface area (Å²) in [4.78, 5) is 18.9. The van der Waals surface area contributed by atoms with Crippen LogP contribution in [0, 0.1) is 5.82 Å². The van der Waals surface area contributed by atoms with E-state index < -0.39 is 17.5 Å². The van der Waals surface area contributed by atoms with Gasteiger partial charge >= 0.3 is 6.09 Å². The molecule has 7 nitrogen and oxygen atoms in total. The number of piperazine rings is 1. The first-order chi connectivity index (χ1) is 13.3. The molecule has 2 aromatic heterocycles. The number of H-pyrrole nitrogens is 1. The van der Waals surface area contributed by atoms with Gasteiger partial charge in [0, 0.05) is 42.4 Å². The van der Waals surface area contributed by atoms with E-state index in [1.165, 1.54) is 12.3 Å². The normalized spacial score (nSPS) is 20.3. The van der Waals surface area contributed by atoms with Crippen molar-refractivity contribution >= 4 is 6.09 Å². The van der Waals surface area contributed by atoms with Crippen LogP contribution in [0.25, 0.3) is 11.3 Å². The molecule has 0 radical (unpaired) electrons. The van der Waals surface area contributed by atoms with Gasteiger partial charge in [-0.25, -0.2) is 9.18 Å². The lowest BCUT2D eigenvalue weighted by Crippen LogP contribution is -2.50. The highest BCUT2D eigenvalue weighted by molar-refractivity contribution is 5.71. The zero-order valence-electron chi connectivity index (χ0n) is 16.5. The average Bonchev–Trinajstić information content (AvgIpc) is 3.37. The van der Waals surface area contributed by atoms with E-state index in [1.807, 2.05) is 20.8 Å². The number of hydrogen-bond acceptors (Lipinski definition) is 5. The first-order valence-corrected chi connectivity index (χ1v) is 9.73. The second-order valence-corrected chi connectivity index (χ2v) is 8.46. The monoisotopic (exact) mass is 387 g/mol. The van der Waals surface area contributed by atoms with E-state index in [4.69, 9.17) is 4.74 Å². The topological polar surface area (TPSA) is 83.1 Å². The van der Waals surface area contributed by atoms with Crippen LogP contribution in [-0.2, 0) is 4.74 Å². The Labute approximate surface area is 163 Å². The third kappa shape index (κ3) is 3.87. The molecule has 2 aliphatic rings. The molecule has 1 amide bonds. The van der Waals surface area contributed by atoms with Gasteiger partial charge in [-0.15, -0.1) is 0 Å². The van der Waals surface area contributed by atoms with Crippen molar-refractivity contribution < 1.29 is 13.9 Å². The third-order valence-corrected chi connectivity index (χ3v) is 5.02. The minimum Gasteiger partial charge on any atom is -0.444 e. The second-order valence-electron chi connectivity index (χ2n) is 8.46. The summed E-state index contributed by atoms with van der Waals surface area (Å²) in [5.74, 6) is 0.0218. The molecule has 1 saturated carbocycles. The smallest absolute Gasteiger partial charge is 0.410 e. The fourth-order valence-corrected chi connectivity index (χ4v) is 3.62. The van der Waals surface area contributed by atoms with Crippen LogP contribution in [0.15, 0.2) is 18.5 Å². The zero-order valence-corrected chi connectivity index (χ0v) is 16.5. The number of hydrogen-bond donors (Lipinski definition) is 2. The van der Waals surface area contributed by atoms with Crippen molar-refractivity contribution in [1.29, 1.82) is 0 Å². The Morgan fingerprint density at radius 2 is 2.11 bits per heavy atom. The zero-order chi connectivity index (χ0) is 19.9. The van der Waals surface area contributed by atoms with Crippen LogP contribution in [0.3, 0.4) is 0 Å². The number of aromatic nitrogens is 3. The number of amides is 1. The summed E-state index contributed by atoms with van der Waals surface area (Å²) in [5.41, 5.74) is 2.65. The lowest BCUT2D eigenvalue weighted by atomic mass is 9.97. The maximum absolute atomic E-state index is 14.2. The van der Waals surface area contributed by atoms with E-state index in [0.29, 0.717) is 36.8 Å². The molecule has 8 heteroatoms. The predicted molar refractivity (Wildman–Crippen MR) is 102 cm³/mol. The third-order valence-electron chi connectivity index (χ3n) is 5.02. The molecule has 1 aliphatic heterocycles. The highest BCUT2D eigenvalue weighted by Crippen LogP contribution is 2.44. The molecule has 2 aromatic rings. The number of pyridine rings is 1. The molecule has 1 unspecified atom stereocenters. The van der Waals surface area contributed by atoms with Crippen LogP contribution in [-0.4, -0.2) is 51.4 Å². The number of carbonyl (C=O) groups excluding carboxylic acids is 1. The van der Waals surface area contributed by atoms with Crippen LogP contribution >= 0.6 is 0 Å². The molecule has 2 fully saturated rings. The SMILES string of the molecule is CC(C)(C)OC(=O)N1CCNCC1c1cc(F)cnc1-c1cn[nH]c1C1CC1. The molecule has 1 atom stereocenters. The lowest BCUT2D eigenvalue weighted by Gasteiger charge is -2.37. The highest BCUT2D eigenvalue weighted by atomic mass is 19.1. The fourth-order valence-electron chi connectivity index (χ4n) is 3.62. The largest absolute Gasteiger partial charge is 0.444 e. The molecule has 0 aromatic carbocycles. The van der Waals surface area contributed by atoms with Gasteiger partial charge in [-0.1, -0.05) is 0 Å². The van der Waals surface area contributed by atoms with Gasteiger partial charge in [0.05, 0.1) is 24.1 Å². The van der Waals surface area contributed by atoms with Gasteiger partial charge in [-0.2, -0.15) is 5.10 Å². The molecule has 0 spiro atoms. The summed E-state index contributed by atoms with van der Waals surface area (Å²) in [6.07, 6.45) is 4.78. The predicted octanol–water partition coefficient (Wildman–Crippen LogP) is 3.37. The summed E-state index contributed by atoms with van der Waals surface area (Å²) < 4.78 is 19.8. The van der Waals surface area contributed by atoms with Crippen LogP contribution in [0.1, 0.15) is 56.8 Å². The summed E-state index contributed by atoms with van der Waals surface area (Å²) in [6.45, 7) is 7.16. The number of nitrogens with zero attached hydrogens (tertiary/aromatic N) is 3. The van der Waals surface area contributed by atoms with Gasteiger partial charge in [-0.3, -0.25) is 15.0 Å². The molecule has 0 bridgehead atoms. The number of rotatable bonds is 3. The quantitative estimate of drug-likeness (QED) is 0.844. The molecular formula is C20H26FN5O2. The minimum atomic E-state index is -0.598. The highest BCUT2D eigenvalue weighted by Gasteiger charge is 2.35. The van der Waals surface area contributed by atoms with E-state index in [-0.39, 0.29) is 6.04 Å². The van der Waals surface area contributed by atoms with Gasteiger partial charge in [0.2, 0.25) is 0 Å². The van der Waals surface area contributed by atoms with Crippen LogP contribution in [0.4, 0.5) is 9.18 Å². The van der Waals surface area contributed by atoms with E-state index in [2.05, 4.69) is 20.5 Å². The van der Waals surface area contributed by atoms with Crippen molar-refractivity contribution in [2.24, 2.45) is 0 Å². The van der Waals surface area contributed by atoms with Crippen molar-refractivity contribution in [3.8, 4) is 11.3 Å². The fraction of sp³-hybridized carbons (Fsp3) is 0.550. The van der Waals surface area contributed by atoms with Gasteiger partial charge in [0.15, 0.2) is 0 Å². The summed E-state index contributed by atoms with van der Waals surface area (Å²) in [5, 5.41) is 10.6. The standard InChI is InChI=1S/C20H26FN5O2/c1-20(2,3)28-19(27)26-7-6-22-11-16(26)14-8-13(21)9-23-18(14)15-10-24-25-17(15)12-4-5-12/h8-10,12,16,22H,4-7,11H2,1-3H3,(H,24,25). The van der Waals surface area contributed by atoms with Crippen molar-refractivity contribution in [3.63, 3.8) is 0 Å². The lowest BCUT2D eigenvalue weighted by molar-refractivity contribution is 0.0118. The van der Waals surface area contributed by atoms with Crippen LogP contribution in [0.2, 0.25) is 0 Å². The number of aromatic amines is 1. The summed E-state index contributed by atoms with van der Waals surface area (Å²) >= 11 is 0. The molecule has 4 rings (SSSR count).